The van der Waals surface area contributed by atoms with E-state index in [-0.39, 0.29) is 25.8 Å². The van der Waals surface area contributed by atoms with Crippen molar-refractivity contribution in [3.05, 3.63) is 65.9 Å². The molecule has 11 heteroatoms. The van der Waals surface area contributed by atoms with Gasteiger partial charge in [0.15, 0.2) is 5.78 Å². The molecule has 0 aliphatic rings. The summed E-state index contributed by atoms with van der Waals surface area (Å²) in [5.41, 5.74) is 3.15. The highest BCUT2D eigenvalue weighted by atomic mass is 16.2. The molecule has 0 fully saturated rings. The molecule has 0 saturated heterocycles. The van der Waals surface area contributed by atoms with Crippen molar-refractivity contribution in [3.8, 4) is 0 Å². The van der Waals surface area contributed by atoms with Crippen LogP contribution in [-0.2, 0) is 30.4 Å². The van der Waals surface area contributed by atoms with Gasteiger partial charge < -0.3 is 31.7 Å². The average Bonchev–Trinajstić information content (AvgIpc) is 3.33. The second-order valence-electron chi connectivity index (χ2n) is 9.16. The number of para-hydroxylation sites is 1. The smallest absolute Gasteiger partial charge is 0.246 e. The summed E-state index contributed by atoms with van der Waals surface area (Å²) in [6.07, 6.45) is 2.34. The lowest BCUT2D eigenvalue weighted by Gasteiger charge is -2.23. The number of nitrogens with one attached hydrogen (secondary N) is 6. The first kappa shape index (κ1) is 28.8. The van der Waals surface area contributed by atoms with Crippen LogP contribution in [0.5, 0.6) is 0 Å². The first-order chi connectivity index (χ1) is 18.7. The van der Waals surface area contributed by atoms with Crippen molar-refractivity contribution < 1.29 is 24.0 Å². The van der Waals surface area contributed by atoms with E-state index in [1.807, 2.05) is 43.3 Å². The number of Topliss-reactive ketones (excluding diaryl/α,β-unsaturated/α-hetero) is 1. The molecule has 11 nitrogen and oxygen atoms in total. The van der Waals surface area contributed by atoms with Crippen LogP contribution in [0.1, 0.15) is 30.9 Å². The second kappa shape index (κ2) is 13.7. The maximum atomic E-state index is 13.5. The van der Waals surface area contributed by atoms with Crippen LogP contribution in [0.2, 0.25) is 0 Å². The maximum Gasteiger partial charge on any atom is 0.246 e. The number of rotatable bonds is 13. The Kier molecular flexibility index (Phi) is 10.1. The fourth-order valence-corrected chi connectivity index (χ4v) is 3.95. The molecule has 0 aliphatic heterocycles. The molecule has 3 aromatic rings. The van der Waals surface area contributed by atoms with Gasteiger partial charge in [-0.15, -0.1) is 0 Å². The Balaban J connectivity index is 1.82. The summed E-state index contributed by atoms with van der Waals surface area (Å²) in [5, 5.41) is 18.5. The summed E-state index contributed by atoms with van der Waals surface area (Å²) in [7, 11) is 0. The van der Waals surface area contributed by atoms with Crippen LogP contribution in [0.25, 0.3) is 10.9 Å². The SMILES string of the molecule is CC(=O)NCC(=O)N[C@@H](Cc1c[nH]c2ccccc12)C(=O)N[C@@H](CCC(=O)C=N)C(=O)Nc1ccc(C)cc1. The van der Waals surface area contributed by atoms with E-state index in [9.17, 15) is 24.0 Å². The Morgan fingerprint density at radius 1 is 0.949 bits per heavy atom. The number of anilines is 1. The Hall–Kier alpha value is -4.80. The van der Waals surface area contributed by atoms with E-state index in [0.717, 1.165) is 22.0 Å². The lowest BCUT2D eigenvalue weighted by Crippen LogP contribution is -2.54. The monoisotopic (exact) mass is 532 g/mol. The molecule has 3 rings (SSSR count). The van der Waals surface area contributed by atoms with Crippen LogP contribution in [0.3, 0.4) is 0 Å². The third-order valence-corrected chi connectivity index (χ3v) is 6.04. The standard InChI is InChI=1S/C28H32N6O5/c1-17-7-9-20(10-8-17)32-27(38)24(12-11-21(36)14-29)34-28(39)25(33-26(37)16-30-18(2)35)13-19-15-31-23-6-4-3-5-22(19)23/h3-10,14-15,24-25,29,31H,11-13,16H2,1-2H3,(H,30,35)(H,32,38)(H,33,37)(H,34,39)/t24-,25-/m0/s1. The molecular weight excluding hydrogens is 500 g/mol. The van der Waals surface area contributed by atoms with Gasteiger partial charge in [0.2, 0.25) is 23.6 Å². The van der Waals surface area contributed by atoms with Crippen LogP contribution < -0.4 is 21.3 Å². The molecule has 39 heavy (non-hydrogen) atoms. The predicted octanol–water partition coefficient (Wildman–Crippen LogP) is 1.76. The van der Waals surface area contributed by atoms with Crippen LogP contribution in [0.15, 0.2) is 54.7 Å². The zero-order valence-electron chi connectivity index (χ0n) is 21.8. The van der Waals surface area contributed by atoms with E-state index in [1.54, 1.807) is 18.3 Å². The van der Waals surface area contributed by atoms with Gasteiger partial charge in [-0.1, -0.05) is 35.9 Å². The number of hydrogen-bond donors (Lipinski definition) is 6. The predicted molar refractivity (Wildman–Crippen MR) is 147 cm³/mol. The maximum absolute atomic E-state index is 13.5. The minimum atomic E-state index is -1.11. The van der Waals surface area contributed by atoms with Gasteiger partial charge in [-0.3, -0.25) is 24.0 Å². The average molecular weight is 533 g/mol. The van der Waals surface area contributed by atoms with E-state index in [4.69, 9.17) is 5.41 Å². The topological polar surface area (TPSA) is 173 Å². The van der Waals surface area contributed by atoms with Crippen LogP contribution in [0.4, 0.5) is 5.69 Å². The van der Waals surface area contributed by atoms with Crippen molar-refractivity contribution in [2.45, 2.75) is 45.2 Å². The number of benzene rings is 2. The molecule has 0 spiro atoms. The van der Waals surface area contributed by atoms with Gasteiger partial charge in [-0.05, 0) is 37.1 Å². The molecule has 0 bridgehead atoms. The fourth-order valence-electron chi connectivity index (χ4n) is 3.95. The number of aryl methyl sites for hydroxylation is 1. The first-order valence-electron chi connectivity index (χ1n) is 12.5. The summed E-state index contributed by atoms with van der Waals surface area (Å²) >= 11 is 0. The van der Waals surface area contributed by atoms with Crippen molar-refractivity contribution in [2.24, 2.45) is 0 Å². The molecule has 6 N–H and O–H groups in total. The molecule has 0 saturated carbocycles. The van der Waals surface area contributed by atoms with E-state index in [0.29, 0.717) is 11.9 Å². The highest BCUT2D eigenvalue weighted by molar-refractivity contribution is 6.26. The molecule has 0 unspecified atom stereocenters. The first-order valence-corrected chi connectivity index (χ1v) is 12.5. The van der Waals surface area contributed by atoms with Gasteiger partial charge in [0.25, 0.3) is 0 Å². The van der Waals surface area contributed by atoms with Crippen molar-refractivity contribution in [2.75, 3.05) is 11.9 Å². The lowest BCUT2D eigenvalue weighted by molar-refractivity contribution is -0.131. The van der Waals surface area contributed by atoms with Crippen molar-refractivity contribution in [1.82, 2.24) is 20.9 Å². The van der Waals surface area contributed by atoms with Crippen molar-refractivity contribution >= 4 is 52.2 Å². The van der Waals surface area contributed by atoms with Gasteiger partial charge in [-0.25, -0.2) is 0 Å². The van der Waals surface area contributed by atoms with Crippen molar-refractivity contribution in [3.63, 3.8) is 0 Å². The zero-order valence-corrected chi connectivity index (χ0v) is 21.8. The number of ketones is 1. The molecule has 2 atom stereocenters. The third-order valence-electron chi connectivity index (χ3n) is 6.04. The van der Waals surface area contributed by atoms with E-state index >= 15 is 0 Å². The van der Waals surface area contributed by atoms with E-state index in [1.165, 1.54) is 6.92 Å². The number of fused-ring (bicyclic) bond motifs is 1. The number of aromatic amines is 1. The Morgan fingerprint density at radius 2 is 1.67 bits per heavy atom. The Morgan fingerprint density at radius 3 is 2.36 bits per heavy atom. The Bertz CT molecular complexity index is 1360. The van der Waals surface area contributed by atoms with Gasteiger partial charge in [0.05, 0.1) is 12.8 Å². The van der Waals surface area contributed by atoms with Gasteiger partial charge in [0, 0.05) is 42.6 Å². The molecule has 2 aromatic carbocycles. The molecule has 0 radical (unpaired) electrons. The minimum absolute atomic E-state index is 0.0444. The molecule has 1 aromatic heterocycles. The fraction of sp³-hybridized carbons (Fsp3) is 0.286. The zero-order chi connectivity index (χ0) is 28.4. The number of amides is 4. The third kappa shape index (κ3) is 8.63. The van der Waals surface area contributed by atoms with Crippen LogP contribution >= 0.6 is 0 Å². The number of carbonyl (C=O) groups is 5. The molecule has 0 aliphatic carbocycles. The molecular formula is C28H32N6O5. The quantitative estimate of drug-likeness (QED) is 0.184. The number of carbonyl (C=O) groups excluding carboxylic acids is 5. The number of hydrogen-bond acceptors (Lipinski definition) is 6. The number of aromatic nitrogens is 1. The van der Waals surface area contributed by atoms with E-state index in [2.05, 4.69) is 26.3 Å². The van der Waals surface area contributed by atoms with E-state index < -0.39 is 41.5 Å². The summed E-state index contributed by atoms with van der Waals surface area (Å²) < 4.78 is 0. The lowest BCUT2D eigenvalue weighted by atomic mass is 10.0. The Labute approximate surface area is 225 Å². The number of H-pyrrole nitrogens is 1. The summed E-state index contributed by atoms with van der Waals surface area (Å²) in [5.74, 6) is -2.64. The molecule has 204 valence electrons. The van der Waals surface area contributed by atoms with Gasteiger partial charge >= 0.3 is 0 Å². The molecule has 1 heterocycles. The van der Waals surface area contributed by atoms with Crippen LogP contribution in [-0.4, -0.2) is 59.2 Å². The molecule has 4 amide bonds. The normalized spacial score (nSPS) is 12.2. The summed E-state index contributed by atoms with van der Waals surface area (Å²) in [6.45, 7) is 2.86. The highest BCUT2D eigenvalue weighted by Gasteiger charge is 2.28. The largest absolute Gasteiger partial charge is 0.361 e. The summed E-state index contributed by atoms with van der Waals surface area (Å²) in [4.78, 5) is 65.3. The highest BCUT2D eigenvalue weighted by Crippen LogP contribution is 2.19. The van der Waals surface area contributed by atoms with Crippen molar-refractivity contribution in [1.29, 1.82) is 5.41 Å². The van der Waals surface area contributed by atoms with Gasteiger partial charge in [-0.2, -0.15) is 0 Å². The van der Waals surface area contributed by atoms with Gasteiger partial charge in [0.1, 0.15) is 12.1 Å². The van der Waals surface area contributed by atoms with Crippen LogP contribution in [0, 0.1) is 12.3 Å². The second-order valence-corrected chi connectivity index (χ2v) is 9.16. The minimum Gasteiger partial charge on any atom is -0.361 e. The summed E-state index contributed by atoms with van der Waals surface area (Å²) in [6, 6.07) is 12.4.